The van der Waals surface area contributed by atoms with Crippen LogP contribution in [-0.2, 0) is 31.6 Å². The van der Waals surface area contributed by atoms with Crippen LogP contribution in [0.25, 0.3) is 10.1 Å². The summed E-state index contributed by atoms with van der Waals surface area (Å²) in [4.78, 5) is 25.5. The maximum Gasteiger partial charge on any atom is 0.313 e. The third-order valence-electron chi connectivity index (χ3n) is 5.58. The summed E-state index contributed by atoms with van der Waals surface area (Å²) in [6.45, 7) is 1.81. The lowest BCUT2D eigenvalue weighted by atomic mass is 10.0. The monoisotopic (exact) mass is 487 g/mol. The predicted octanol–water partition coefficient (Wildman–Crippen LogP) is 2.58. The van der Waals surface area contributed by atoms with Crippen LogP contribution in [-0.4, -0.2) is 44.7 Å². The Kier molecular flexibility index (Phi) is 6.17. The van der Waals surface area contributed by atoms with Gasteiger partial charge in [0.1, 0.15) is 5.60 Å². The molecule has 0 saturated heterocycles. The summed E-state index contributed by atoms with van der Waals surface area (Å²) in [5.41, 5.74) is 0.352. The van der Waals surface area contributed by atoms with Crippen molar-refractivity contribution >= 4 is 54.6 Å². The molecular weight excluding hydrogens is 462 g/mol. The lowest BCUT2D eigenvalue weighted by Gasteiger charge is -2.29. The normalized spacial score (nSPS) is 15.5. The molecule has 4 rings (SSSR count). The van der Waals surface area contributed by atoms with Gasteiger partial charge in [-0.15, -0.1) is 11.3 Å². The van der Waals surface area contributed by atoms with Crippen LogP contribution in [0.15, 0.2) is 48.5 Å². The number of nitrogens with one attached hydrogen (secondary N) is 2. The molecule has 2 aromatic carbocycles. The van der Waals surface area contributed by atoms with E-state index in [4.69, 9.17) is 0 Å². The Balaban J connectivity index is 1.42. The standard InChI is InChI=1S/C23H25N3O5S2/c1-23(29,20-12-16-6-3-4-8-19(16)32-20)14-24-21(27)22(28)25-17-10-9-15-7-5-11-26(18(15)13-17)33(2,30)31/h3-4,6,8-10,12-13,29H,5,7,11,14H2,1-2H3,(H,24,27)(H,25,28). The molecule has 174 valence electrons. The molecule has 8 nitrogen and oxygen atoms in total. The first kappa shape index (κ1) is 23.2. The van der Waals surface area contributed by atoms with Gasteiger partial charge in [-0.25, -0.2) is 8.42 Å². The highest BCUT2D eigenvalue weighted by molar-refractivity contribution is 7.92. The van der Waals surface area contributed by atoms with Gasteiger partial charge in [0.05, 0.1) is 18.5 Å². The molecule has 1 atom stereocenters. The van der Waals surface area contributed by atoms with Gasteiger partial charge >= 0.3 is 11.8 Å². The summed E-state index contributed by atoms with van der Waals surface area (Å²) in [7, 11) is -3.45. The minimum Gasteiger partial charge on any atom is -0.383 e. The van der Waals surface area contributed by atoms with Crippen molar-refractivity contribution in [1.29, 1.82) is 0 Å². The molecule has 33 heavy (non-hydrogen) atoms. The number of aliphatic hydroxyl groups is 1. The van der Waals surface area contributed by atoms with Gasteiger partial charge in [-0.3, -0.25) is 13.9 Å². The summed E-state index contributed by atoms with van der Waals surface area (Å²) < 4.78 is 26.5. The number of nitrogens with zero attached hydrogens (tertiary/aromatic N) is 1. The second-order valence-electron chi connectivity index (χ2n) is 8.34. The molecule has 2 heterocycles. The predicted molar refractivity (Wildman–Crippen MR) is 130 cm³/mol. The van der Waals surface area contributed by atoms with Gasteiger partial charge in [-0.05, 0) is 55.0 Å². The number of carbonyl (C=O) groups is 2. The van der Waals surface area contributed by atoms with Crippen molar-refractivity contribution < 1.29 is 23.1 Å². The number of carbonyl (C=O) groups excluding carboxylic acids is 2. The maximum absolute atomic E-state index is 12.4. The number of sulfonamides is 1. The summed E-state index contributed by atoms with van der Waals surface area (Å²) in [6, 6.07) is 14.6. The number of thiophene rings is 1. The largest absolute Gasteiger partial charge is 0.383 e. The molecule has 1 aliphatic rings. The van der Waals surface area contributed by atoms with Crippen LogP contribution < -0.4 is 14.9 Å². The number of hydrogen-bond donors (Lipinski definition) is 3. The first-order valence-electron chi connectivity index (χ1n) is 10.5. The van der Waals surface area contributed by atoms with E-state index in [-0.39, 0.29) is 6.54 Å². The minimum atomic E-state index is -3.45. The van der Waals surface area contributed by atoms with Crippen LogP contribution >= 0.6 is 11.3 Å². The quantitative estimate of drug-likeness (QED) is 0.479. The Hall–Kier alpha value is -2.95. The molecule has 0 bridgehead atoms. The van der Waals surface area contributed by atoms with Crippen LogP contribution in [0, 0.1) is 0 Å². The second kappa shape index (κ2) is 8.77. The zero-order chi connectivity index (χ0) is 23.8. The third-order valence-corrected chi connectivity index (χ3v) is 8.12. The molecule has 3 aromatic rings. The van der Waals surface area contributed by atoms with Gasteiger partial charge in [-0.2, -0.15) is 0 Å². The highest BCUT2D eigenvalue weighted by atomic mass is 32.2. The molecule has 2 amide bonds. The van der Waals surface area contributed by atoms with E-state index < -0.39 is 27.4 Å². The highest BCUT2D eigenvalue weighted by Crippen LogP contribution is 2.33. The molecule has 1 unspecified atom stereocenters. The topological polar surface area (TPSA) is 116 Å². The molecule has 0 aliphatic carbocycles. The van der Waals surface area contributed by atoms with Gasteiger partial charge in [0.2, 0.25) is 10.0 Å². The van der Waals surface area contributed by atoms with E-state index in [9.17, 15) is 23.1 Å². The average Bonchev–Trinajstić information content (AvgIpc) is 3.22. The number of anilines is 2. The molecule has 1 aliphatic heterocycles. The van der Waals surface area contributed by atoms with Crippen molar-refractivity contribution in [2.75, 3.05) is 29.0 Å². The van der Waals surface area contributed by atoms with Gasteiger partial charge < -0.3 is 15.7 Å². The Labute approximate surface area is 196 Å². The minimum absolute atomic E-state index is 0.141. The Morgan fingerprint density at radius 3 is 2.64 bits per heavy atom. The average molecular weight is 488 g/mol. The van der Waals surface area contributed by atoms with Crippen molar-refractivity contribution in [2.45, 2.75) is 25.4 Å². The van der Waals surface area contributed by atoms with Gasteiger partial charge in [0.25, 0.3) is 0 Å². The van der Waals surface area contributed by atoms with E-state index in [0.717, 1.165) is 28.3 Å². The van der Waals surface area contributed by atoms with E-state index in [1.807, 2.05) is 30.3 Å². The van der Waals surface area contributed by atoms with Crippen LogP contribution in [0.5, 0.6) is 0 Å². The van der Waals surface area contributed by atoms with E-state index in [1.165, 1.54) is 15.6 Å². The van der Waals surface area contributed by atoms with Crippen molar-refractivity contribution in [2.24, 2.45) is 0 Å². The molecule has 1 aromatic heterocycles. The number of rotatable bonds is 5. The van der Waals surface area contributed by atoms with E-state index >= 15 is 0 Å². The zero-order valence-corrected chi connectivity index (χ0v) is 19.9. The molecule has 0 radical (unpaired) electrons. The molecule has 3 N–H and O–H groups in total. The fraction of sp³-hybridized carbons (Fsp3) is 0.304. The lowest BCUT2D eigenvalue weighted by molar-refractivity contribution is -0.136. The molecule has 0 fully saturated rings. The van der Waals surface area contributed by atoms with Crippen molar-refractivity contribution in [1.82, 2.24) is 5.32 Å². The smallest absolute Gasteiger partial charge is 0.313 e. The summed E-state index contributed by atoms with van der Waals surface area (Å²) in [6.07, 6.45) is 2.60. The molecule has 0 saturated carbocycles. The number of benzene rings is 2. The fourth-order valence-electron chi connectivity index (χ4n) is 3.82. The van der Waals surface area contributed by atoms with E-state index in [0.29, 0.717) is 29.2 Å². The van der Waals surface area contributed by atoms with Crippen molar-refractivity contribution in [3.8, 4) is 0 Å². The van der Waals surface area contributed by atoms with Gasteiger partial charge in [-0.1, -0.05) is 24.3 Å². The second-order valence-corrected chi connectivity index (χ2v) is 11.3. The van der Waals surface area contributed by atoms with Crippen LogP contribution in [0.3, 0.4) is 0 Å². The SMILES string of the molecule is CC(O)(CNC(=O)C(=O)Nc1ccc2c(c1)N(S(C)(=O)=O)CCC2)c1cc2ccccc2s1. The van der Waals surface area contributed by atoms with Crippen molar-refractivity contribution in [3.63, 3.8) is 0 Å². The summed E-state index contributed by atoms with van der Waals surface area (Å²) in [5.74, 6) is -1.79. The summed E-state index contributed by atoms with van der Waals surface area (Å²) >= 11 is 1.43. The number of fused-ring (bicyclic) bond motifs is 2. The fourth-order valence-corrected chi connectivity index (χ4v) is 5.91. The van der Waals surface area contributed by atoms with Crippen LogP contribution in [0.4, 0.5) is 11.4 Å². The lowest BCUT2D eigenvalue weighted by Crippen LogP contribution is -2.43. The highest BCUT2D eigenvalue weighted by Gasteiger charge is 2.28. The first-order valence-corrected chi connectivity index (χ1v) is 13.1. The van der Waals surface area contributed by atoms with E-state index in [2.05, 4.69) is 10.6 Å². The van der Waals surface area contributed by atoms with Gasteiger partial charge in [0, 0.05) is 21.8 Å². The number of hydrogen-bond acceptors (Lipinski definition) is 6. The molecular formula is C23H25N3O5S2. The zero-order valence-electron chi connectivity index (χ0n) is 18.3. The number of aryl methyl sites for hydroxylation is 1. The first-order chi connectivity index (χ1) is 15.5. The maximum atomic E-state index is 12.4. The van der Waals surface area contributed by atoms with Crippen LogP contribution in [0.1, 0.15) is 23.8 Å². The Morgan fingerprint density at radius 2 is 1.91 bits per heavy atom. The van der Waals surface area contributed by atoms with Crippen molar-refractivity contribution in [3.05, 3.63) is 59.0 Å². The molecule has 10 heteroatoms. The van der Waals surface area contributed by atoms with Crippen LogP contribution in [0.2, 0.25) is 0 Å². The van der Waals surface area contributed by atoms with Gasteiger partial charge in [0.15, 0.2) is 0 Å². The Bertz CT molecular complexity index is 1300. The third kappa shape index (κ3) is 5.02. The van der Waals surface area contributed by atoms with E-state index in [1.54, 1.807) is 25.1 Å². The Morgan fingerprint density at radius 1 is 1.15 bits per heavy atom. The molecule has 0 spiro atoms. The summed E-state index contributed by atoms with van der Waals surface area (Å²) in [5, 5.41) is 16.8. The number of amides is 2.